The van der Waals surface area contributed by atoms with Crippen LogP contribution in [-0.4, -0.2) is 33.9 Å². The van der Waals surface area contributed by atoms with Crippen molar-refractivity contribution in [2.45, 2.75) is 39.5 Å². The molecule has 0 unspecified atom stereocenters. The molecule has 0 bridgehead atoms. The molecular formula is C23H25ClN4O. The van der Waals surface area contributed by atoms with E-state index >= 15 is 0 Å². The molecule has 1 fully saturated rings. The van der Waals surface area contributed by atoms with Crippen molar-refractivity contribution in [1.29, 1.82) is 0 Å². The van der Waals surface area contributed by atoms with Crippen molar-refractivity contribution in [2.24, 2.45) is 0 Å². The number of hydrogen-bond acceptors (Lipinski definition) is 4. The first-order valence-electron chi connectivity index (χ1n) is 10.1. The topological polar surface area (TPSA) is 58.1 Å². The number of anilines is 2. The molecule has 1 saturated heterocycles. The van der Waals surface area contributed by atoms with Gasteiger partial charge in [-0.05, 0) is 56.5 Å². The Labute approximate surface area is 176 Å². The zero-order valence-corrected chi connectivity index (χ0v) is 17.6. The molecular weight excluding hydrogens is 384 g/mol. The Morgan fingerprint density at radius 1 is 1.07 bits per heavy atom. The highest BCUT2D eigenvalue weighted by Crippen LogP contribution is 2.31. The van der Waals surface area contributed by atoms with Crippen LogP contribution in [0.25, 0.3) is 11.0 Å². The molecule has 3 aromatic rings. The molecule has 2 aromatic heterocycles. The molecule has 6 heteroatoms. The van der Waals surface area contributed by atoms with Gasteiger partial charge in [-0.1, -0.05) is 30.5 Å². The van der Waals surface area contributed by atoms with Crippen molar-refractivity contribution in [3.05, 3.63) is 58.4 Å². The van der Waals surface area contributed by atoms with E-state index in [2.05, 4.69) is 15.3 Å². The first-order valence-corrected chi connectivity index (χ1v) is 10.5. The average molecular weight is 409 g/mol. The SMILES string of the molecule is Cc1ccc2c(Nc3ccc(C)c(Cl)c3)c(C(=O)N3CCCCCC3)cnc2n1. The number of benzene rings is 1. The van der Waals surface area contributed by atoms with Crippen LogP contribution in [0.15, 0.2) is 36.5 Å². The molecule has 1 aliphatic heterocycles. The van der Waals surface area contributed by atoms with E-state index in [9.17, 15) is 4.79 Å². The molecule has 1 amide bonds. The number of fused-ring (bicyclic) bond motifs is 1. The van der Waals surface area contributed by atoms with Gasteiger partial charge < -0.3 is 10.2 Å². The van der Waals surface area contributed by atoms with Crippen LogP contribution in [0.1, 0.15) is 47.3 Å². The maximum atomic E-state index is 13.4. The third-order valence-electron chi connectivity index (χ3n) is 5.43. The lowest BCUT2D eigenvalue weighted by molar-refractivity contribution is 0.0762. The molecule has 4 rings (SSSR count). The molecule has 0 radical (unpaired) electrons. The minimum atomic E-state index is 0.0163. The van der Waals surface area contributed by atoms with Gasteiger partial charge in [0.1, 0.15) is 0 Å². The molecule has 1 aliphatic rings. The highest BCUT2D eigenvalue weighted by atomic mass is 35.5. The first-order chi connectivity index (χ1) is 14.0. The zero-order chi connectivity index (χ0) is 20.4. The summed E-state index contributed by atoms with van der Waals surface area (Å²) < 4.78 is 0. The van der Waals surface area contributed by atoms with Crippen LogP contribution in [0.2, 0.25) is 5.02 Å². The monoisotopic (exact) mass is 408 g/mol. The van der Waals surface area contributed by atoms with E-state index in [-0.39, 0.29) is 5.91 Å². The minimum Gasteiger partial charge on any atom is -0.354 e. The Morgan fingerprint density at radius 3 is 2.55 bits per heavy atom. The summed E-state index contributed by atoms with van der Waals surface area (Å²) in [5.41, 5.74) is 4.66. The fourth-order valence-corrected chi connectivity index (χ4v) is 3.91. The smallest absolute Gasteiger partial charge is 0.257 e. The lowest BCUT2D eigenvalue weighted by atomic mass is 10.1. The van der Waals surface area contributed by atoms with Gasteiger partial charge in [0, 0.05) is 41.1 Å². The van der Waals surface area contributed by atoms with Crippen molar-refractivity contribution in [1.82, 2.24) is 14.9 Å². The number of pyridine rings is 2. The van der Waals surface area contributed by atoms with Gasteiger partial charge in [0.25, 0.3) is 5.91 Å². The second-order valence-electron chi connectivity index (χ2n) is 7.67. The second kappa shape index (κ2) is 8.37. The molecule has 150 valence electrons. The molecule has 0 aliphatic carbocycles. The molecule has 5 nitrogen and oxygen atoms in total. The third kappa shape index (κ3) is 4.20. The Kier molecular flexibility index (Phi) is 5.67. The summed E-state index contributed by atoms with van der Waals surface area (Å²) in [5, 5.41) is 4.94. The number of carbonyl (C=O) groups is 1. The number of rotatable bonds is 3. The van der Waals surface area contributed by atoms with Crippen LogP contribution >= 0.6 is 11.6 Å². The molecule has 3 heterocycles. The normalized spacial score (nSPS) is 14.7. The van der Waals surface area contributed by atoms with Crippen molar-refractivity contribution >= 4 is 39.9 Å². The molecule has 1 aromatic carbocycles. The zero-order valence-electron chi connectivity index (χ0n) is 16.8. The van der Waals surface area contributed by atoms with Gasteiger partial charge in [-0.2, -0.15) is 0 Å². The van der Waals surface area contributed by atoms with E-state index in [1.54, 1.807) is 6.20 Å². The van der Waals surface area contributed by atoms with Crippen LogP contribution in [0.3, 0.4) is 0 Å². The van der Waals surface area contributed by atoms with E-state index in [0.717, 1.165) is 53.9 Å². The van der Waals surface area contributed by atoms with E-state index in [1.165, 1.54) is 12.8 Å². The summed E-state index contributed by atoms with van der Waals surface area (Å²) >= 11 is 6.32. The van der Waals surface area contributed by atoms with Crippen molar-refractivity contribution in [3.8, 4) is 0 Å². The number of likely N-dealkylation sites (tertiary alicyclic amines) is 1. The molecule has 0 spiro atoms. The Hall–Kier alpha value is -2.66. The van der Waals surface area contributed by atoms with E-state index < -0.39 is 0 Å². The van der Waals surface area contributed by atoms with Crippen molar-refractivity contribution in [3.63, 3.8) is 0 Å². The Morgan fingerprint density at radius 2 is 1.83 bits per heavy atom. The number of amides is 1. The molecule has 0 saturated carbocycles. The maximum absolute atomic E-state index is 13.4. The maximum Gasteiger partial charge on any atom is 0.257 e. The summed E-state index contributed by atoms with van der Waals surface area (Å²) in [6.07, 6.45) is 6.10. The predicted octanol–water partition coefficient (Wildman–Crippen LogP) is 5.66. The highest BCUT2D eigenvalue weighted by molar-refractivity contribution is 6.31. The number of nitrogens with zero attached hydrogens (tertiary/aromatic N) is 3. The second-order valence-corrected chi connectivity index (χ2v) is 8.07. The molecule has 29 heavy (non-hydrogen) atoms. The third-order valence-corrected chi connectivity index (χ3v) is 5.84. The fraction of sp³-hybridized carbons (Fsp3) is 0.348. The van der Waals surface area contributed by atoms with Gasteiger partial charge in [0.05, 0.1) is 11.3 Å². The van der Waals surface area contributed by atoms with Crippen LogP contribution in [0.4, 0.5) is 11.4 Å². The standard InChI is InChI=1S/C23H25ClN4O/c1-15-7-9-17(13-20(15)24)27-21-18-10-8-16(2)26-22(18)25-14-19(21)23(29)28-11-5-3-4-6-12-28/h7-10,13-14H,3-6,11-12H2,1-2H3,(H,25,26,27). The first kappa shape index (κ1) is 19.6. The van der Waals surface area contributed by atoms with E-state index in [4.69, 9.17) is 11.6 Å². The minimum absolute atomic E-state index is 0.0163. The number of nitrogens with one attached hydrogen (secondary N) is 1. The highest BCUT2D eigenvalue weighted by Gasteiger charge is 2.22. The number of aryl methyl sites for hydroxylation is 2. The van der Waals surface area contributed by atoms with Gasteiger partial charge in [0.2, 0.25) is 0 Å². The van der Waals surface area contributed by atoms with Gasteiger partial charge in [-0.25, -0.2) is 9.97 Å². The van der Waals surface area contributed by atoms with Crippen LogP contribution in [0.5, 0.6) is 0 Å². The number of hydrogen-bond donors (Lipinski definition) is 1. The summed E-state index contributed by atoms with van der Waals surface area (Å²) in [6, 6.07) is 9.73. The Bertz CT molecular complexity index is 1060. The summed E-state index contributed by atoms with van der Waals surface area (Å²) in [6.45, 7) is 5.48. The average Bonchev–Trinajstić information content (AvgIpc) is 3.00. The van der Waals surface area contributed by atoms with Gasteiger partial charge >= 0.3 is 0 Å². The van der Waals surface area contributed by atoms with Gasteiger partial charge in [0.15, 0.2) is 5.65 Å². The fourth-order valence-electron chi connectivity index (χ4n) is 3.73. The van der Waals surface area contributed by atoms with Crippen molar-refractivity contribution < 1.29 is 4.79 Å². The lowest BCUT2D eigenvalue weighted by Crippen LogP contribution is -2.32. The van der Waals surface area contributed by atoms with Crippen LogP contribution in [0, 0.1) is 13.8 Å². The number of halogens is 1. The lowest BCUT2D eigenvalue weighted by Gasteiger charge is -2.22. The summed E-state index contributed by atoms with van der Waals surface area (Å²) in [7, 11) is 0. The largest absolute Gasteiger partial charge is 0.354 e. The summed E-state index contributed by atoms with van der Waals surface area (Å²) in [4.78, 5) is 24.4. The predicted molar refractivity (Wildman–Crippen MR) is 118 cm³/mol. The molecule has 1 N–H and O–H groups in total. The van der Waals surface area contributed by atoms with Crippen LogP contribution < -0.4 is 5.32 Å². The Balaban J connectivity index is 1.80. The molecule has 0 atom stereocenters. The summed E-state index contributed by atoms with van der Waals surface area (Å²) in [5.74, 6) is 0.0163. The van der Waals surface area contributed by atoms with E-state index in [0.29, 0.717) is 16.2 Å². The number of aromatic nitrogens is 2. The van der Waals surface area contributed by atoms with Crippen molar-refractivity contribution in [2.75, 3.05) is 18.4 Å². The quantitative estimate of drug-likeness (QED) is 0.607. The van der Waals surface area contributed by atoms with Gasteiger partial charge in [-0.15, -0.1) is 0 Å². The van der Waals surface area contributed by atoms with Crippen LogP contribution in [-0.2, 0) is 0 Å². The van der Waals surface area contributed by atoms with E-state index in [1.807, 2.05) is 49.1 Å². The van der Waals surface area contributed by atoms with Gasteiger partial charge in [-0.3, -0.25) is 4.79 Å². The number of carbonyl (C=O) groups excluding carboxylic acids is 1.